The molecule has 3 nitrogen and oxygen atoms in total. The van der Waals surface area contributed by atoms with Gasteiger partial charge in [0, 0.05) is 23.7 Å². The van der Waals surface area contributed by atoms with E-state index >= 15 is 0 Å². The largest absolute Gasteiger partial charge is 0.481 e. The van der Waals surface area contributed by atoms with Gasteiger partial charge in [-0.3, -0.25) is 9.69 Å². The van der Waals surface area contributed by atoms with Gasteiger partial charge < -0.3 is 5.11 Å². The van der Waals surface area contributed by atoms with Gasteiger partial charge in [-0.2, -0.15) is 0 Å². The summed E-state index contributed by atoms with van der Waals surface area (Å²) in [4.78, 5) is 13.3. The van der Waals surface area contributed by atoms with Crippen molar-refractivity contribution in [3.05, 3.63) is 34.6 Å². The minimum Gasteiger partial charge on any atom is -0.481 e. The lowest BCUT2D eigenvalue weighted by Crippen LogP contribution is -2.34. The quantitative estimate of drug-likeness (QED) is 0.924. The van der Waals surface area contributed by atoms with Gasteiger partial charge in [0.15, 0.2) is 0 Å². The van der Waals surface area contributed by atoms with Crippen molar-refractivity contribution in [2.45, 2.75) is 26.3 Å². The summed E-state index contributed by atoms with van der Waals surface area (Å²) < 4.78 is 13.7. The molecule has 1 aromatic rings. The number of rotatable bonds is 4. The molecule has 1 unspecified atom stereocenters. The molecule has 2 rings (SSSR count). The van der Waals surface area contributed by atoms with Crippen molar-refractivity contribution >= 4 is 17.6 Å². The second-order valence-corrected chi connectivity index (χ2v) is 5.57. The molecule has 1 fully saturated rings. The van der Waals surface area contributed by atoms with E-state index in [9.17, 15) is 14.3 Å². The molecule has 0 amide bonds. The standard InChI is InChI=1S/C14H17ClFNO2/c1-2-14(13(18)19)5-6-17(9-14)8-10-3-4-11(15)7-12(10)16/h3-4,7H,2,5-6,8-9H2,1H3,(H,18,19). The number of benzene rings is 1. The summed E-state index contributed by atoms with van der Waals surface area (Å²) >= 11 is 5.71. The summed E-state index contributed by atoms with van der Waals surface area (Å²) in [6.45, 7) is 3.47. The molecule has 0 bridgehead atoms. The molecule has 1 aromatic carbocycles. The first-order chi connectivity index (χ1) is 8.97. The van der Waals surface area contributed by atoms with Crippen molar-refractivity contribution in [1.29, 1.82) is 0 Å². The van der Waals surface area contributed by atoms with Gasteiger partial charge in [-0.25, -0.2) is 4.39 Å². The zero-order valence-electron chi connectivity index (χ0n) is 10.8. The predicted octanol–water partition coefficient (Wildman–Crippen LogP) is 3.17. The SMILES string of the molecule is CCC1(C(=O)O)CCN(Cc2ccc(Cl)cc2F)C1. The summed E-state index contributed by atoms with van der Waals surface area (Å²) in [5.74, 6) is -1.09. The van der Waals surface area contributed by atoms with E-state index in [1.807, 2.05) is 11.8 Å². The fourth-order valence-corrected chi connectivity index (χ4v) is 2.76. The van der Waals surface area contributed by atoms with Crippen LogP contribution in [0.1, 0.15) is 25.3 Å². The van der Waals surface area contributed by atoms with Gasteiger partial charge in [0.2, 0.25) is 0 Å². The Morgan fingerprint density at radius 2 is 2.32 bits per heavy atom. The smallest absolute Gasteiger partial charge is 0.310 e. The number of carboxylic acid groups (broad SMARTS) is 1. The summed E-state index contributed by atoms with van der Waals surface area (Å²) in [5, 5.41) is 9.69. The van der Waals surface area contributed by atoms with Gasteiger partial charge in [-0.15, -0.1) is 0 Å². The fourth-order valence-electron chi connectivity index (χ4n) is 2.60. The van der Waals surface area contributed by atoms with Gasteiger partial charge in [-0.05, 0) is 31.5 Å². The van der Waals surface area contributed by atoms with Gasteiger partial charge in [-0.1, -0.05) is 24.6 Å². The lowest BCUT2D eigenvalue weighted by atomic mass is 9.84. The third kappa shape index (κ3) is 2.90. The van der Waals surface area contributed by atoms with Crippen LogP contribution in [0.4, 0.5) is 4.39 Å². The molecule has 5 heteroatoms. The van der Waals surface area contributed by atoms with Crippen LogP contribution >= 0.6 is 11.6 Å². The number of hydrogen-bond acceptors (Lipinski definition) is 2. The van der Waals surface area contributed by atoms with Crippen LogP contribution in [0.2, 0.25) is 5.02 Å². The Labute approximate surface area is 117 Å². The Balaban J connectivity index is 2.08. The van der Waals surface area contributed by atoms with Crippen LogP contribution in [0.15, 0.2) is 18.2 Å². The maximum Gasteiger partial charge on any atom is 0.310 e. The molecular weight excluding hydrogens is 269 g/mol. The number of carbonyl (C=O) groups is 1. The first-order valence-electron chi connectivity index (χ1n) is 6.36. The molecule has 0 radical (unpaired) electrons. The van der Waals surface area contributed by atoms with E-state index in [1.54, 1.807) is 12.1 Å². The van der Waals surface area contributed by atoms with E-state index in [4.69, 9.17) is 11.6 Å². The van der Waals surface area contributed by atoms with Crippen LogP contribution in [0.25, 0.3) is 0 Å². The predicted molar refractivity (Wildman–Crippen MR) is 71.7 cm³/mol. The Morgan fingerprint density at radius 1 is 1.58 bits per heavy atom. The van der Waals surface area contributed by atoms with Gasteiger partial charge in [0.05, 0.1) is 5.41 Å². The molecule has 0 aromatic heterocycles. The minimum atomic E-state index is -0.755. The third-order valence-electron chi connectivity index (χ3n) is 3.97. The minimum absolute atomic E-state index is 0.336. The van der Waals surface area contributed by atoms with Crippen LogP contribution in [-0.2, 0) is 11.3 Å². The van der Waals surface area contributed by atoms with E-state index in [0.29, 0.717) is 43.1 Å². The number of halogens is 2. The number of likely N-dealkylation sites (tertiary alicyclic amines) is 1. The molecule has 1 saturated heterocycles. The zero-order chi connectivity index (χ0) is 14.0. The number of carboxylic acids is 1. The molecule has 1 heterocycles. The monoisotopic (exact) mass is 285 g/mol. The Morgan fingerprint density at radius 3 is 2.84 bits per heavy atom. The summed E-state index contributed by atoms with van der Waals surface area (Å²) in [6.07, 6.45) is 1.22. The van der Waals surface area contributed by atoms with Crippen LogP contribution in [0.3, 0.4) is 0 Å². The molecule has 0 spiro atoms. The fraction of sp³-hybridized carbons (Fsp3) is 0.500. The molecule has 1 N–H and O–H groups in total. The summed E-state index contributed by atoms with van der Waals surface area (Å²) in [7, 11) is 0. The number of nitrogens with zero attached hydrogens (tertiary/aromatic N) is 1. The van der Waals surface area contributed by atoms with Crippen molar-refractivity contribution in [2.75, 3.05) is 13.1 Å². The van der Waals surface area contributed by atoms with E-state index < -0.39 is 11.4 Å². The van der Waals surface area contributed by atoms with E-state index in [1.165, 1.54) is 6.07 Å². The van der Waals surface area contributed by atoms with Gasteiger partial charge >= 0.3 is 5.97 Å². The average molecular weight is 286 g/mol. The van der Waals surface area contributed by atoms with Gasteiger partial charge in [0.1, 0.15) is 5.82 Å². The number of hydrogen-bond donors (Lipinski definition) is 1. The lowest BCUT2D eigenvalue weighted by molar-refractivity contribution is -0.148. The maximum absolute atomic E-state index is 13.7. The van der Waals surface area contributed by atoms with E-state index in [2.05, 4.69) is 0 Å². The first-order valence-corrected chi connectivity index (χ1v) is 6.74. The Hall–Kier alpha value is -1.13. The first kappa shape index (κ1) is 14.3. The van der Waals surface area contributed by atoms with E-state index in [-0.39, 0.29) is 5.82 Å². The van der Waals surface area contributed by atoms with E-state index in [0.717, 1.165) is 0 Å². The topological polar surface area (TPSA) is 40.5 Å². The molecule has 19 heavy (non-hydrogen) atoms. The highest BCUT2D eigenvalue weighted by atomic mass is 35.5. The molecule has 1 atom stereocenters. The second kappa shape index (κ2) is 5.47. The summed E-state index contributed by atoms with van der Waals surface area (Å²) in [6, 6.07) is 4.60. The highest BCUT2D eigenvalue weighted by Gasteiger charge is 2.43. The second-order valence-electron chi connectivity index (χ2n) is 5.14. The normalized spacial score (nSPS) is 23.7. The lowest BCUT2D eigenvalue weighted by Gasteiger charge is -2.23. The van der Waals surface area contributed by atoms with Crippen LogP contribution < -0.4 is 0 Å². The number of aliphatic carboxylic acids is 1. The van der Waals surface area contributed by atoms with Crippen molar-refractivity contribution in [2.24, 2.45) is 5.41 Å². The summed E-state index contributed by atoms with van der Waals surface area (Å²) in [5.41, 5.74) is -0.121. The third-order valence-corrected chi connectivity index (χ3v) is 4.21. The molecule has 0 aliphatic carbocycles. The molecule has 0 saturated carbocycles. The van der Waals surface area contributed by atoms with Crippen molar-refractivity contribution < 1.29 is 14.3 Å². The van der Waals surface area contributed by atoms with Crippen LogP contribution in [0, 0.1) is 11.2 Å². The average Bonchev–Trinajstić information content (AvgIpc) is 2.77. The molecule has 1 aliphatic heterocycles. The maximum atomic E-state index is 13.7. The van der Waals surface area contributed by atoms with Crippen molar-refractivity contribution in [1.82, 2.24) is 4.90 Å². The Kier molecular flexibility index (Phi) is 4.11. The highest BCUT2D eigenvalue weighted by Crippen LogP contribution is 2.35. The highest BCUT2D eigenvalue weighted by molar-refractivity contribution is 6.30. The van der Waals surface area contributed by atoms with Crippen molar-refractivity contribution in [3.63, 3.8) is 0 Å². The zero-order valence-corrected chi connectivity index (χ0v) is 11.6. The molecule has 104 valence electrons. The molecular formula is C14H17ClFNO2. The van der Waals surface area contributed by atoms with Crippen LogP contribution in [-0.4, -0.2) is 29.1 Å². The van der Waals surface area contributed by atoms with Gasteiger partial charge in [0.25, 0.3) is 0 Å². The Bertz CT molecular complexity index is 494. The van der Waals surface area contributed by atoms with Crippen LogP contribution in [0.5, 0.6) is 0 Å². The molecule has 1 aliphatic rings. The van der Waals surface area contributed by atoms with Crippen molar-refractivity contribution in [3.8, 4) is 0 Å².